The Balaban J connectivity index is 1.53. The summed E-state index contributed by atoms with van der Waals surface area (Å²) in [5.74, 6) is 3.99. The molecule has 0 spiro atoms. The Morgan fingerprint density at radius 3 is 2.78 bits per heavy atom. The van der Waals surface area contributed by atoms with Crippen LogP contribution in [0.25, 0.3) is 0 Å². The molecule has 2 aliphatic heterocycles. The lowest BCUT2D eigenvalue weighted by Gasteiger charge is -2.26. The summed E-state index contributed by atoms with van der Waals surface area (Å²) in [7, 11) is 1.88. The van der Waals surface area contributed by atoms with Crippen LogP contribution in [-0.2, 0) is 9.57 Å². The van der Waals surface area contributed by atoms with Gasteiger partial charge in [-0.15, -0.1) is 0 Å². The van der Waals surface area contributed by atoms with Gasteiger partial charge in [-0.3, -0.25) is 5.32 Å². The molecule has 1 fully saturated rings. The van der Waals surface area contributed by atoms with Gasteiger partial charge in [0.05, 0.1) is 17.6 Å². The largest absolute Gasteiger partial charge is 0.495 e. The first-order chi connectivity index (χ1) is 17.5. The molecule has 1 aliphatic carbocycles. The summed E-state index contributed by atoms with van der Waals surface area (Å²) in [6.45, 7) is 15.1. The van der Waals surface area contributed by atoms with Crippen molar-refractivity contribution in [2.45, 2.75) is 131 Å². The van der Waals surface area contributed by atoms with E-state index in [1.165, 1.54) is 69.2 Å². The predicted octanol–water partition coefficient (Wildman–Crippen LogP) is 7.25. The topological polar surface area (TPSA) is 80.9 Å². The highest BCUT2D eigenvalue weighted by atomic mass is 16.7. The van der Waals surface area contributed by atoms with Crippen molar-refractivity contribution in [2.75, 3.05) is 7.05 Å². The summed E-state index contributed by atoms with van der Waals surface area (Å²) in [6.07, 6.45) is 16.2. The molecule has 0 bridgehead atoms. The molecular weight excluding hydrogens is 460 g/mol. The third-order valence-corrected chi connectivity index (χ3v) is 9.04. The van der Waals surface area contributed by atoms with Crippen LogP contribution in [0.3, 0.4) is 0 Å². The maximum Gasteiger partial charge on any atom is 0.166 e. The second-order valence-corrected chi connectivity index (χ2v) is 12.4. The number of unbranched alkanes of at least 4 members (excludes halogenated alkanes) is 1. The fourth-order valence-corrected chi connectivity index (χ4v) is 6.03. The molecule has 0 saturated heterocycles. The van der Waals surface area contributed by atoms with Crippen molar-refractivity contribution in [3.63, 3.8) is 0 Å². The van der Waals surface area contributed by atoms with E-state index in [1.54, 1.807) is 0 Å². The Bertz CT molecular complexity index is 916. The standard InChI is InChI=1S/C31H54N4O2/c1-9-11-13-25-14-12-15-26(36-25)16-17-31(10-2)20-24(31)18-21(3)19-27-22(4)28(37-35-27)23(5)29(32)34-30(6,7)33-8/h15,21,24-25,33,35H,9-14,16-20H2,1-8H3,(H2,32,34)/t21?,24-,25-,31+/m0/s1. The lowest BCUT2D eigenvalue weighted by Crippen LogP contribution is -2.36. The normalized spacial score (nSPS) is 28.3. The maximum atomic E-state index is 6.36. The second-order valence-electron chi connectivity index (χ2n) is 12.4. The van der Waals surface area contributed by atoms with Gasteiger partial charge in [-0.1, -0.05) is 40.0 Å². The van der Waals surface area contributed by atoms with Gasteiger partial charge >= 0.3 is 0 Å². The first-order valence-electron chi connectivity index (χ1n) is 14.8. The van der Waals surface area contributed by atoms with Gasteiger partial charge in [0.2, 0.25) is 0 Å². The molecule has 2 heterocycles. The van der Waals surface area contributed by atoms with Crippen molar-refractivity contribution >= 4 is 5.84 Å². The fraction of sp³-hybridized carbons (Fsp3) is 0.774. The van der Waals surface area contributed by atoms with Crippen LogP contribution in [-0.4, -0.2) is 24.7 Å². The van der Waals surface area contributed by atoms with Crippen LogP contribution < -0.4 is 16.5 Å². The van der Waals surface area contributed by atoms with E-state index in [-0.39, 0.29) is 0 Å². The highest BCUT2D eigenvalue weighted by Gasteiger charge is 2.51. The summed E-state index contributed by atoms with van der Waals surface area (Å²) in [6, 6.07) is 0. The highest BCUT2D eigenvalue weighted by Crippen LogP contribution is 2.61. The van der Waals surface area contributed by atoms with Gasteiger partial charge in [-0.05, 0) is 103 Å². The molecule has 3 rings (SSSR count). The van der Waals surface area contributed by atoms with E-state index in [9.17, 15) is 0 Å². The van der Waals surface area contributed by atoms with Gasteiger partial charge in [-0.2, -0.15) is 0 Å². The van der Waals surface area contributed by atoms with Gasteiger partial charge in [0.15, 0.2) is 5.76 Å². The Morgan fingerprint density at radius 1 is 1.35 bits per heavy atom. The van der Waals surface area contributed by atoms with E-state index in [0.717, 1.165) is 35.7 Å². The average molecular weight is 515 g/mol. The zero-order valence-corrected chi connectivity index (χ0v) is 24.9. The van der Waals surface area contributed by atoms with Crippen molar-refractivity contribution in [3.05, 3.63) is 34.4 Å². The molecule has 1 unspecified atom stereocenters. The quantitative estimate of drug-likeness (QED) is 0.168. The van der Waals surface area contributed by atoms with Crippen molar-refractivity contribution in [1.29, 1.82) is 0 Å². The third kappa shape index (κ3) is 7.78. The first-order valence-corrected chi connectivity index (χ1v) is 14.8. The minimum Gasteiger partial charge on any atom is -0.495 e. The van der Waals surface area contributed by atoms with Crippen LogP contribution in [0.5, 0.6) is 0 Å². The number of rotatable bonds is 14. The molecule has 0 aromatic carbocycles. The number of nitrogens with zero attached hydrogens (tertiary/aromatic N) is 1. The van der Waals surface area contributed by atoms with Gasteiger partial charge in [0.1, 0.15) is 11.5 Å². The molecule has 0 aromatic heterocycles. The number of amidine groups is 1. The maximum absolute atomic E-state index is 6.36. The van der Waals surface area contributed by atoms with Gasteiger partial charge in [0.25, 0.3) is 0 Å². The SMILES string of the molecule is CCCC[C@H]1CCC=C(CC[C@]2(CC)C[C@@H]2CC(C)CC2=C(C)C(=C(C)C(N)=NC(C)(C)NC)ON2)O1. The molecule has 4 atom stereocenters. The van der Waals surface area contributed by atoms with Crippen LogP contribution in [0.2, 0.25) is 0 Å². The summed E-state index contributed by atoms with van der Waals surface area (Å²) in [4.78, 5) is 10.5. The number of aliphatic imine (C=N–C) groups is 1. The Hall–Kier alpha value is -1.95. The zero-order chi connectivity index (χ0) is 27.2. The molecule has 4 N–H and O–H groups in total. The van der Waals surface area contributed by atoms with Gasteiger partial charge < -0.3 is 15.3 Å². The third-order valence-electron chi connectivity index (χ3n) is 9.04. The molecule has 3 aliphatic rings. The molecule has 37 heavy (non-hydrogen) atoms. The molecule has 0 amide bonds. The van der Waals surface area contributed by atoms with E-state index in [0.29, 0.717) is 23.3 Å². The van der Waals surface area contributed by atoms with E-state index in [1.807, 2.05) is 27.8 Å². The number of hydroxylamine groups is 1. The number of nitrogens with two attached hydrogens (primary N) is 1. The lowest BCUT2D eigenvalue weighted by atomic mass is 9.88. The van der Waals surface area contributed by atoms with Crippen molar-refractivity contribution in [2.24, 2.45) is 28.0 Å². The Labute approximate surface area is 226 Å². The minimum absolute atomic E-state index is 0.417. The smallest absolute Gasteiger partial charge is 0.166 e. The number of hydrogen-bond donors (Lipinski definition) is 3. The number of nitrogens with one attached hydrogen (secondary N) is 2. The molecule has 1 saturated carbocycles. The summed E-state index contributed by atoms with van der Waals surface area (Å²) >= 11 is 0. The van der Waals surface area contributed by atoms with Crippen LogP contribution in [0.4, 0.5) is 0 Å². The summed E-state index contributed by atoms with van der Waals surface area (Å²) in [5.41, 5.74) is 12.8. The fourth-order valence-electron chi connectivity index (χ4n) is 6.03. The van der Waals surface area contributed by atoms with Crippen LogP contribution in [0.1, 0.15) is 119 Å². The van der Waals surface area contributed by atoms with Crippen LogP contribution in [0, 0.1) is 17.3 Å². The van der Waals surface area contributed by atoms with Crippen molar-refractivity contribution < 1.29 is 9.57 Å². The Morgan fingerprint density at radius 2 is 2.11 bits per heavy atom. The molecule has 6 nitrogen and oxygen atoms in total. The summed E-state index contributed by atoms with van der Waals surface area (Å²) in [5, 5.41) is 3.17. The Kier molecular flexibility index (Phi) is 10.2. The average Bonchev–Trinajstić information content (AvgIpc) is 3.45. The second kappa shape index (κ2) is 12.7. The predicted molar refractivity (Wildman–Crippen MR) is 155 cm³/mol. The highest BCUT2D eigenvalue weighted by molar-refractivity contribution is 5.97. The first kappa shape index (κ1) is 29.6. The molecule has 210 valence electrons. The van der Waals surface area contributed by atoms with Gasteiger partial charge in [0, 0.05) is 17.6 Å². The lowest BCUT2D eigenvalue weighted by molar-refractivity contribution is 0.0771. The number of ether oxygens (including phenoxy) is 1. The monoisotopic (exact) mass is 514 g/mol. The number of allylic oxidation sites excluding steroid dienone is 4. The zero-order valence-electron chi connectivity index (χ0n) is 24.9. The molecule has 0 aromatic rings. The van der Waals surface area contributed by atoms with E-state index < -0.39 is 5.66 Å². The van der Waals surface area contributed by atoms with Crippen LogP contribution in [0.15, 0.2) is 39.4 Å². The van der Waals surface area contributed by atoms with E-state index >= 15 is 0 Å². The van der Waals surface area contributed by atoms with Gasteiger partial charge in [-0.25, -0.2) is 10.5 Å². The molecule has 0 radical (unpaired) electrons. The van der Waals surface area contributed by atoms with E-state index in [2.05, 4.69) is 49.6 Å². The van der Waals surface area contributed by atoms with Crippen molar-refractivity contribution in [3.8, 4) is 0 Å². The van der Waals surface area contributed by atoms with Crippen LogP contribution >= 0.6 is 0 Å². The molecular formula is C31H54N4O2. The van der Waals surface area contributed by atoms with Crippen molar-refractivity contribution in [1.82, 2.24) is 10.8 Å². The minimum atomic E-state index is -0.417. The summed E-state index contributed by atoms with van der Waals surface area (Å²) < 4.78 is 6.36. The van der Waals surface area contributed by atoms with E-state index in [4.69, 9.17) is 15.3 Å². The number of hydrogen-bond acceptors (Lipinski definition) is 5. The molecule has 6 heteroatoms.